The van der Waals surface area contributed by atoms with E-state index in [9.17, 15) is 13.6 Å². The fourth-order valence-electron chi connectivity index (χ4n) is 1.98. The Morgan fingerprint density at radius 2 is 2.27 bits per heavy atom. The average molecular weight is 216 g/mol. The minimum Gasteiger partial charge on any atom is -0.476 e. The third-order valence-electron chi connectivity index (χ3n) is 2.64. The highest BCUT2D eigenvalue weighted by molar-refractivity contribution is 5.87. The predicted molar refractivity (Wildman–Crippen MR) is 47.0 cm³/mol. The van der Waals surface area contributed by atoms with E-state index in [1.165, 1.54) is 11.7 Å². The highest BCUT2D eigenvalue weighted by Crippen LogP contribution is 2.41. The first kappa shape index (κ1) is 10.1. The molecule has 4 nitrogen and oxygen atoms in total. The van der Waals surface area contributed by atoms with E-state index in [1.54, 1.807) is 0 Å². The Morgan fingerprint density at radius 3 is 2.87 bits per heavy atom. The molecule has 15 heavy (non-hydrogen) atoms. The summed E-state index contributed by atoms with van der Waals surface area (Å²) in [5.74, 6) is -4.45. The van der Waals surface area contributed by atoms with Crippen molar-refractivity contribution >= 4 is 5.97 Å². The van der Waals surface area contributed by atoms with Crippen LogP contribution in [0.1, 0.15) is 34.6 Å². The molecule has 1 N–H and O–H groups in total. The van der Waals surface area contributed by atoms with Gasteiger partial charge in [-0.15, -0.1) is 0 Å². The first-order valence-electron chi connectivity index (χ1n) is 4.61. The summed E-state index contributed by atoms with van der Waals surface area (Å²) in [6, 6.07) is 0. The zero-order valence-electron chi connectivity index (χ0n) is 8.13. The molecule has 1 heterocycles. The third kappa shape index (κ3) is 1.40. The van der Waals surface area contributed by atoms with Gasteiger partial charge in [0.1, 0.15) is 0 Å². The minimum absolute atomic E-state index is 0.300. The molecule has 6 heteroatoms. The van der Waals surface area contributed by atoms with Crippen LogP contribution in [-0.2, 0) is 19.4 Å². The molecule has 82 valence electrons. The Morgan fingerprint density at radius 1 is 1.60 bits per heavy atom. The molecule has 0 saturated carbocycles. The molecule has 0 radical (unpaired) electrons. The van der Waals surface area contributed by atoms with Crippen LogP contribution < -0.4 is 0 Å². The van der Waals surface area contributed by atoms with Crippen LogP contribution in [0.25, 0.3) is 0 Å². The summed E-state index contributed by atoms with van der Waals surface area (Å²) in [6.07, 6.45) is 0.520. The Hall–Kier alpha value is -1.46. The summed E-state index contributed by atoms with van der Waals surface area (Å²) in [5, 5.41) is 12.4. The molecule has 0 saturated heterocycles. The summed E-state index contributed by atoms with van der Waals surface area (Å²) in [7, 11) is 1.49. The van der Waals surface area contributed by atoms with Crippen molar-refractivity contribution in [1.29, 1.82) is 0 Å². The number of rotatable bonds is 1. The molecule has 1 aromatic rings. The smallest absolute Gasteiger partial charge is 0.356 e. The van der Waals surface area contributed by atoms with Crippen molar-refractivity contribution in [3.63, 3.8) is 0 Å². The highest BCUT2D eigenvalue weighted by Gasteiger charge is 2.43. The molecule has 1 aliphatic rings. The fourth-order valence-corrected chi connectivity index (χ4v) is 1.98. The molecule has 0 aromatic carbocycles. The quantitative estimate of drug-likeness (QED) is 0.774. The van der Waals surface area contributed by atoms with Crippen LogP contribution in [0.5, 0.6) is 0 Å². The summed E-state index contributed by atoms with van der Waals surface area (Å²) in [6.45, 7) is 0. The molecular formula is C9H10F2N2O2. The third-order valence-corrected chi connectivity index (χ3v) is 2.64. The Bertz CT molecular complexity index is 426. The van der Waals surface area contributed by atoms with Crippen molar-refractivity contribution in [2.75, 3.05) is 0 Å². The summed E-state index contributed by atoms with van der Waals surface area (Å²) < 4.78 is 28.3. The lowest BCUT2D eigenvalue weighted by molar-refractivity contribution is -0.0232. The maximum Gasteiger partial charge on any atom is 0.356 e. The van der Waals surface area contributed by atoms with Gasteiger partial charge in [0, 0.05) is 19.2 Å². The highest BCUT2D eigenvalue weighted by atomic mass is 19.3. The number of alkyl halides is 2. The van der Waals surface area contributed by atoms with Crippen LogP contribution in [0.4, 0.5) is 8.78 Å². The van der Waals surface area contributed by atoms with Crippen LogP contribution in [0.3, 0.4) is 0 Å². The van der Waals surface area contributed by atoms with Crippen LogP contribution >= 0.6 is 0 Å². The Labute approximate surface area is 84.5 Å². The molecule has 0 spiro atoms. The van der Waals surface area contributed by atoms with E-state index in [0.717, 1.165) is 0 Å². The summed E-state index contributed by atoms with van der Waals surface area (Å²) in [4.78, 5) is 10.8. The van der Waals surface area contributed by atoms with Crippen LogP contribution in [-0.4, -0.2) is 20.9 Å². The predicted octanol–water partition coefficient (Wildman–Crippen LogP) is 1.55. The van der Waals surface area contributed by atoms with Crippen molar-refractivity contribution in [3.05, 3.63) is 17.0 Å². The second-order valence-electron chi connectivity index (χ2n) is 3.66. The zero-order valence-corrected chi connectivity index (χ0v) is 8.13. The van der Waals surface area contributed by atoms with Gasteiger partial charge in [-0.25, -0.2) is 13.6 Å². The number of fused-ring (bicyclic) bond motifs is 1. The van der Waals surface area contributed by atoms with Gasteiger partial charge < -0.3 is 5.11 Å². The normalized spacial score (nSPS) is 18.6. The number of aryl methyl sites for hydroxylation is 1. The molecule has 0 atom stereocenters. The van der Waals surface area contributed by atoms with E-state index >= 15 is 0 Å². The topological polar surface area (TPSA) is 55.1 Å². The van der Waals surface area contributed by atoms with Crippen LogP contribution in [0.15, 0.2) is 0 Å². The van der Waals surface area contributed by atoms with Gasteiger partial charge in [-0.3, -0.25) is 4.68 Å². The number of hydrogen-bond donors (Lipinski definition) is 1. The SMILES string of the molecule is Cn1nc(C(=O)O)c2c1CCCC2(F)F. The van der Waals surface area contributed by atoms with Gasteiger partial charge in [0.25, 0.3) is 5.92 Å². The molecule has 0 amide bonds. The van der Waals surface area contributed by atoms with Crippen LogP contribution in [0.2, 0.25) is 0 Å². The number of hydrogen-bond acceptors (Lipinski definition) is 2. The standard InChI is InChI=1S/C9H10F2N2O2/c1-13-5-3-2-4-9(10,11)6(5)7(12-13)8(14)15/h2-4H2,1H3,(H,14,15). The number of carbonyl (C=O) groups is 1. The number of carboxylic acids is 1. The molecule has 0 fully saturated rings. The van der Waals surface area contributed by atoms with E-state index < -0.39 is 23.1 Å². The first-order chi connectivity index (χ1) is 6.93. The molecule has 2 rings (SSSR count). The Kier molecular flexibility index (Phi) is 2.02. The summed E-state index contributed by atoms with van der Waals surface area (Å²) >= 11 is 0. The fraction of sp³-hybridized carbons (Fsp3) is 0.556. The maximum absolute atomic E-state index is 13.5. The van der Waals surface area contributed by atoms with Crippen LogP contribution in [0, 0.1) is 0 Å². The van der Waals surface area contributed by atoms with Crippen molar-refractivity contribution in [2.45, 2.75) is 25.2 Å². The lowest BCUT2D eigenvalue weighted by atomic mass is 9.92. The number of carboxylic acid groups (broad SMARTS) is 1. The number of nitrogens with zero attached hydrogens (tertiary/aromatic N) is 2. The first-order valence-corrected chi connectivity index (χ1v) is 4.61. The van der Waals surface area contributed by atoms with Gasteiger partial charge in [-0.2, -0.15) is 5.10 Å². The minimum atomic E-state index is -3.06. The lowest BCUT2D eigenvalue weighted by Crippen LogP contribution is -2.23. The van der Waals surface area contributed by atoms with Gasteiger partial charge >= 0.3 is 5.97 Å². The molecule has 1 aliphatic carbocycles. The van der Waals surface area contributed by atoms with E-state index in [2.05, 4.69) is 5.10 Å². The largest absolute Gasteiger partial charge is 0.476 e. The van der Waals surface area contributed by atoms with Gasteiger partial charge in [0.15, 0.2) is 5.69 Å². The van der Waals surface area contributed by atoms with Gasteiger partial charge in [0.2, 0.25) is 0 Å². The van der Waals surface area contributed by atoms with Crippen molar-refractivity contribution in [2.24, 2.45) is 7.05 Å². The lowest BCUT2D eigenvalue weighted by Gasteiger charge is -2.22. The van der Waals surface area contributed by atoms with E-state index in [0.29, 0.717) is 18.5 Å². The molecular weight excluding hydrogens is 206 g/mol. The van der Waals surface area contributed by atoms with Crippen molar-refractivity contribution < 1.29 is 18.7 Å². The van der Waals surface area contributed by atoms with E-state index in [4.69, 9.17) is 5.11 Å². The van der Waals surface area contributed by atoms with E-state index in [-0.39, 0.29) is 6.42 Å². The van der Waals surface area contributed by atoms with Crippen molar-refractivity contribution in [3.8, 4) is 0 Å². The van der Waals surface area contributed by atoms with Gasteiger partial charge in [-0.05, 0) is 12.8 Å². The molecule has 1 aromatic heterocycles. The summed E-state index contributed by atoms with van der Waals surface area (Å²) in [5.41, 5.74) is -0.579. The molecule has 0 unspecified atom stereocenters. The zero-order chi connectivity index (χ0) is 11.2. The van der Waals surface area contributed by atoms with Gasteiger partial charge in [0.05, 0.1) is 5.56 Å². The van der Waals surface area contributed by atoms with Gasteiger partial charge in [-0.1, -0.05) is 0 Å². The monoisotopic (exact) mass is 216 g/mol. The number of aromatic carboxylic acids is 1. The second kappa shape index (κ2) is 3.01. The molecule has 0 aliphatic heterocycles. The average Bonchev–Trinajstić information content (AvgIpc) is 2.45. The second-order valence-corrected chi connectivity index (χ2v) is 3.66. The molecule has 0 bridgehead atoms. The number of aromatic nitrogens is 2. The van der Waals surface area contributed by atoms with E-state index in [1.807, 2.05) is 0 Å². The maximum atomic E-state index is 13.5. The Balaban J connectivity index is 2.67. The number of halogens is 2. The van der Waals surface area contributed by atoms with Crippen molar-refractivity contribution in [1.82, 2.24) is 9.78 Å².